The molecule has 2 rings (SSSR count). The van der Waals surface area contributed by atoms with Crippen LogP contribution in [0.1, 0.15) is 5.56 Å². The maximum absolute atomic E-state index is 5.59. The Morgan fingerprint density at radius 1 is 1.06 bits per heavy atom. The summed E-state index contributed by atoms with van der Waals surface area (Å²) in [6, 6.07) is 19.7. The average molecular weight is 338 g/mol. The Morgan fingerprint density at radius 2 is 1.76 bits per heavy atom. The van der Waals surface area contributed by atoms with Crippen LogP contribution in [0.2, 0.25) is 0 Å². The van der Waals surface area contributed by atoms with Gasteiger partial charge in [0.1, 0.15) is 0 Å². The fraction of sp³-hybridized carbons (Fsp3) is 0.143. The molecule has 0 amide bonds. The first kappa shape index (κ1) is 14.4. The molecule has 92 valence electrons. The molecule has 0 aromatic heterocycles. The Morgan fingerprint density at radius 3 is 2.41 bits per heavy atom. The van der Waals surface area contributed by atoms with E-state index >= 15 is 0 Å². The van der Waals surface area contributed by atoms with Crippen LogP contribution in [0.4, 0.5) is 0 Å². The normalized spacial score (nSPS) is 9.41. The summed E-state index contributed by atoms with van der Waals surface area (Å²) < 4.78 is 0. The van der Waals surface area contributed by atoms with E-state index < -0.39 is 0 Å². The topological polar surface area (TPSA) is 26.0 Å². The summed E-state index contributed by atoms with van der Waals surface area (Å²) in [5.41, 5.74) is 9.26. The van der Waals surface area contributed by atoms with Crippen molar-refractivity contribution in [2.24, 2.45) is 5.73 Å². The molecule has 0 saturated heterocycles. The molecule has 2 N–H and O–H groups in total. The molecule has 0 saturated carbocycles. The van der Waals surface area contributed by atoms with Crippen molar-refractivity contribution in [1.29, 1.82) is 0 Å². The zero-order chi connectivity index (χ0) is 12.5. The first-order chi connectivity index (χ1) is 8.42. The number of rotatable bonds is 3. The quantitative estimate of drug-likeness (QED) is 0.674. The summed E-state index contributed by atoms with van der Waals surface area (Å²) in [7, 11) is 4.49. The Balaban J connectivity index is 0.000000686. The second kappa shape index (κ2) is 8.44. The number of benzene rings is 2. The van der Waals surface area contributed by atoms with Crippen LogP contribution in [-0.4, -0.2) is 6.54 Å². The van der Waals surface area contributed by atoms with Crippen LogP contribution in [0.25, 0.3) is 11.1 Å². The third-order valence-corrected chi connectivity index (χ3v) is 2.42. The molecule has 0 aliphatic heterocycles. The molecule has 0 aliphatic rings. The molecular weight excluding hydrogens is 324 g/mol. The summed E-state index contributed by atoms with van der Waals surface area (Å²) in [6.45, 7) is 0.667. The molecule has 2 aromatic rings. The van der Waals surface area contributed by atoms with Gasteiger partial charge in [-0.2, -0.15) is 29.8 Å². The van der Waals surface area contributed by atoms with Gasteiger partial charge in [-0.25, -0.2) is 0 Å². The minimum absolute atomic E-state index is 0.667. The molecule has 3 heteroatoms. The van der Waals surface area contributed by atoms with Crippen molar-refractivity contribution in [3.05, 3.63) is 60.2 Å². The first-order valence-electron chi connectivity index (χ1n) is 5.29. The van der Waals surface area contributed by atoms with Crippen LogP contribution in [-0.2, 0) is 24.6 Å². The molecule has 2 aromatic carbocycles. The van der Waals surface area contributed by atoms with Crippen molar-refractivity contribution >= 4 is 9.53 Å². The predicted octanol–water partition coefficient (Wildman–Crippen LogP) is 3.34. The Hall–Kier alpha value is -0.648. The van der Waals surface area contributed by atoms with E-state index in [0.29, 0.717) is 6.54 Å². The standard InChI is InChI=1S/C14H14N.ClH.Pd/c15-11-10-13-8-4-5-9-14(13)12-6-2-1-3-7-12;;/h1-7,9H,10-11,15H2;1H;/q-1;;+2/p-1. The molecule has 0 radical (unpaired) electrons. The van der Waals surface area contributed by atoms with Gasteiger partial charge >= 0.3 is 27.7 Å². The molecule has 0 unspecified atom stereocenters. The van der Waals surface area contributed by atoms with E-state index in [0.717, 1.165) is 6.42 Å². The maximum atomic E-state index is 5.59. The van der Waals surface area contributed by atoms with Gasteiger partial charge in [0.2, 0.25) is 0 Å². The first-order valence-corrected chi connectivity index (χ1v) is 7.29. The summed E-state index contributed by atoms with van der Waals surface area (Å²) in [4.78, 5) is 0. The van der Waals surface area contributed by atoms with E-state index in [4.69, 9.17) is 5.73 Å². The number of hydrogen-bond donors (Lipinski definition) is 1. The van der Waals surface area contributed by atoms with Gasteiger partial charge in [-0.1, -0.05) is 35.9 Å². The van der Waals surface area contributed by atoms with Gasteiger partial charge in [-0.3, -0.25) is 0 Å². The molecule has 0 heterocycles. The third kappa shape index (κ3) is 4.26. The van der Waals surface area contributed by atoms with Crippen LogP contribution in [0.15, 0.2) is 48.5 Å². The van der Waals surface area contributed by atoms with Gasteiger partial charge in [-0.05, 0) is 13.0 Å². The van der Waals surface area contributed by atoms with E-state index in [2.05, 4.69) is 64.1 Å². The molecule has 0 bridgehead atoms. The molecule has 17 heavy (non-hydrogen) atoms. The van der Waals surface area contributed by atoms with Gasteiger partial charge < -0.3 is 5.73 Å². The van der Waals surface area contributed by atoms with Crippen molar-refractivity contribution in [2.45, 2.75) is 6.42 Å². The minimum atomic E-state index is 0.667. The number of nitrogens with two attached hydrogens (primary N) is 1. The number of hydrogen-bond acceptors (Lipinski definition) is 1. The van der Waals surface area contributed by atoms with Gasteiger partial charge in [-0.15, -0.1) is 5.56 Å². The van der Waals surface area contributed by atoms with E-state index in [1.807, 2.05) is 18.2 Å². The third-order valence-electron chi connectivity index (χ3n) is 2.42. The summed E-state index contributed by atoms with van der Waals surface area (Å²) >= 11 is 2.22. The van der Waals surface area contributed by atoms with E-state index in [9.17, 15) is 0 Å². The predicted molar refractivity (Wildman–Crippen MR) is 69.3 cm³/mol. The molecule has 0 fully saturated rings. The van der Waals surface area contributed by atoms with Crippen molar-refractivity contribution in [3.63, 3.8) is 0 Å². The molecule has 0 spiro atoms. The molecule has 0 aliphatic carbocycles. The molecular formula is C14H14ClNPd. The summed E-state index contributed by atoms with van der Waals surface area (Å²) in [6.07, 6.45) is 0.880. The van der Waals surface area contributed by atoms with Crippen molar-refractivity contribution in [3.8, 4) is 11.1 Å². The average Bonchev–Trinajstić information content (AvgIpc) is 2.43. The second-order valence-corrected chi connectivity index (χ2v) is 3.47. The molecule has 1 nitrogen and oxygen atoms in total. The zero-order valence-electron chi connectivity index (χ0n) is 9.30. The zero-order valence-corrected chi connectivity index (χ0v) is 11.6. The summed E-state index contributed by atoms with van der Waals surface area (Å²) in [5.74, 6) is 0. The fourth-order valence-electron chi connectivity index (χ4n) is 1.71. The van der Waals surface area contributed by atoms with Crippen molar-refractivity contribution < 1.29 is 18.2 Å². The monoisotopic (exact) mass is 337 g/mol. The Kier molecular flexibility index (Phi) is 7.16. The van der Waals surface area contributed by atoms with Gasteiger partial charge in [0, 0.05) is 0 Å². The van der Waals surface area contributed by atoms with E-state index in [-0.39, 0.29) is 0 Å². The SMILES string of the molecule is NCCc1[c-]cccc1-c1ccccc1.[Cl][Pd+]. The Bertz CT molecular complexity index is 431. The summed E-state index contributed by atoms with van der Waals surface area (Å²) in [5, 5.41) is 0. The van der Waals surface area contributed by atoms with Crippen LogP contribution in [0, 0.1) is 6.07 Å². The van der Waals surface area contributed by atoms with Crippen LogP contribution < -0.4 is 5.73 Å². The molecule has 0 atom stereocenters. The van der Waals surface area contributed by atoms with Crippen LogP contribution in [0.5, 0.6) is 0 Å². The second-order valence-electron chi connectivity index (χ2n) is 3.47. The fourth-order valence-corrected chi connectivity index (χ4v) is 1.71. The number of halogens is 1. The Labute approximate surface area is 117 Å². The van der Waals surface area contributed by atoms with Crippen molar-refractivity contribution in [2.75, 3.05) is 6.54 Å². The van der Waals surface area contributed by atoms with Crippen LogP contribution >= 0.6 is 9.53 Å². The van der Waals surface area contributed by atoms with Gasteiger partial charge in [0.05, 0.1) is 0 Å². The van der Waals surface area contributed by atoms with E-state index in [1.54, 1.807) is 0 Å². The van der Waals surface area contributed by atoms with E-state index in [1.165, 1.54) is 16.7 Å². The van der Waals surface area contributed by atoms with Gasteiger partial charge in [0.15, 0.2) is 0 Å². The van der Waals surface area contributed by atoms with Crippen molar-refractivity contribution in [1.82, 2.24) is 0 Å². The van der Waals surface area contributed by atoms with Gasteiger partial charge in [0.25, 0.3) is 0 Å². The van der Waals surface area contributed by atoms with Crippen LogP contribution in [0.3, 0.4) is 0 Å².